The molecular formula is C14H26. The van der Waals surface area contributed by atoms with Gasteiger partial charge < -0.3 is 0 Å². The third-order valence-electron chi connectivity index (χ3n) is 4.70. The highest BCUT2D eigenvalue weighted by atomic mass is 14.3. The van der Waals surface area contributed by atoms with E-state index < -0.39 is 0 Å². The second-order valence-electron chi connectivity index (χ2n) is 5.60. The lowest BCUT2D eigenvalue weighted by Crippen LogP contribution is -2.21. The summed E-state index contributed by atoms with van der Waals surface area (Å²) in [7, 11) is 0. The highest BCUT2D eigenvalue weighted by Gasteiger charge is 2.27. The lowest BCUT2D eigenvalue weighted by Gasteiger charge is -2.32. The molecule has 0 aliphatic heterocycles. The van der Waals surface area contributed by atoms with Crippen molar-refractivity contribution in [2.75, 3.05) is 0 Å². The Kier molecular flexibility index (Phi) is 3.89. The van der Waals surface area contributed by atoms with Gasteiger partial charge in [-0.25, -0.2) is 0 Å². The second-order valence-corrected chi connectivity index (χ2v) is 5.60. The summed E-state index contributed by atoms with van der Waals surface area (Å²) < 4.78 is 0. The molecule has 0 saturated heterocycles. The molecule has 2 atom stereocenters. The fraction of sp³-hybridized carbons (Fsp3) is 1.00. The third-order valence-corrected chi connectivity index (χ3v) is 4.70. The van der Waals surface area contributed by atoms with Gasteiger partial charge in [0.2, 0.25) is 0 Å². The first-order chi connectivity index (χ1) is 6.90. The van der Waals surface area contributed by atoms with Gasteiger partial charge in [0.05, 0.1) is 0 Å². The molecule has 2 rings (SSSR count). The van der Waals surface area contributed by atoms with E-state index in [1.807, 2.05) is 0 Å². The van der Waals surface area contributed by atoms with Crippen molar-refractivity contribution in [3.05, 3.63) is 0 Å². The van der Waals surface area contributed by atoms with Crippen LogP contribution in [0.15, 0.2) is 0 Å². The van der Waals surface area contributed by atoms with E-state index in [1.54, 1.807) is 25.7 Å². The van der Waals surface area contributed by atoms with Gasteiger partial charge in [-0.1, -0.05) is 64.7 Å². The summed E-state index contributed by atoms with van der Waals surface area (Å²) in [5, 5.41) is 0. The molecule has 0 heterocycles. The molecule has 0 aromatic heterocycles. The smallest absolute Gasteiger partial charge is 0.0383 e. The zero-order valence-corrected chi connectivity index (χ0v) is 9.80. The summed E-state index contributed by atoms with van der Waals surface area (Å²) in [4.78, 5) is 0. The maximum atomic E-state index is 2.40. The molecule has 2 fully saturated rings. The van der Waals surface area contributed by atoms with Gasteiger partial charge in [0.1, 0.15) is 0 Å². The standard InChI is InChI=1S/C14H26/c1-2-13-9-5-6-10-14(13)11-12-7-3-4-8-12/h12-14H,2-11H2,1H3. The first-order valence-corrected chi connectivity index (χ1v) is 6.90. The highest BCUT2D eigenvalue weighted by Crippen LogP contribution is 2.40. The van der Waals surface area contributed by atoms with Gasteiger partial charge >= 0.3 is 0 Å². The first kappa shape index (κ1) is 10.5. The van der Waals surface area contributed by atoms with Gasteiger partial charge in [0.25, 0.3) is 0 Å². The average molecular weight is 194 g/mol. The van der Waals surface area contributed by atoms with Crippen molar-refractivity contribution in [3.63, 3.8) is 0 Å². The van der Waals surface area contributed by atoms with Crippen molar-refractivity contribution in [1.29, 1.82) is 0 Å². The van der Waals surface area contributed by atoms with Crippen LogP contribution in [0.4, 0.5) is 0 Å². The lowest BCUT2D eigenvalue weighted by atomic mass is 9.73. The summed E-state index contributed by atoms with van der Waals surface area (Å²) in [5.41, 5.74) is 0. The van der Waals surface area contributed by atoms with Crippen LogP contribution in [-0.4, -0.2) is 0 Å². The lowest BCUT2D eigenvalue weighted by molar-refractivity contribution is 0.191. The Morgan fingerprint density at radius 3 is 2.00 bits per heavy atom. The van der Waals surface area contributed by atoms with E-state index in [4.69, 9.17) is 0 Å². The Morgan fingerprint density at radius 1 is 0.786 bits per heavy atom. The van der Waals surface area contributed by atoms with Crippen molar-refractivity contribution >= 4 is 0 Å². The molecule has 2 saturated carbocycles. The topological polar surface area (TPSA) is 0 Å². The molecule has 0 heteroatoms. The van der Waals surface area contributed by atoms with Crippen LogP contribution >= 0.6 is 0 Å². The molecule has 14 heavy (non-hydrogen) atoms. The molecule has 82 valence electrons. The number of hydrogen-bond acceptors (Lipinski definition) is 0. The molecular weight excluding hydrogens is 168 g/mol. The molecule has 0 bridgehead atoms. The summed E-state index contributed by atoms with van der Waals surface area (Å²) in [6.45, 7) is 2.40. The van der Waals surface area contributed by atoms with Gasteiger partial charge in [-0.15, -0.1) is 0 Å². The summed E-state index contributed by atoms with van der Waals surface area (Å²) in [6.07, 6.45) is 15.3. The zero-order valence-electron chi connectivity index (χ0n) is 9.80. The van der Waals surface area contributed by atoms with Crippen LogP contribution in [0.25, 0.3) is 0 Å². The van der Waals surface area contributed by atoms with E-state index in [-0.39, 0.29) is 0 Å². The van der Waals surface area contributed by atoms with E-state index in [0.29, 0.717) is 0 Å². The maximum absolute atomic E-state index is 2.40. The Morgan fingerprint density at radius 2 is 1.36 bits per heavy atom. The van der Waals surface area contributed by atoms with Crippen LogP contribution in [0.2, 0.25) is 0 Å². The summed E-state index contributed by atoms with van der Waals surface area (Å²) >= 11 is 0. The molecule has 0 radical (unpaired) electrons. The van der Waals surface area contributed by atoms with E-state index in [2.05, 4.69) is 6.92 Å². The van der Waals surface area contributed by atoms with Gasteiger partial charge in [0.15, 0.2) is 0 Å². The molecule has 0 aromatic rings. The Bertz CT molecular complexity index is 155. The van der Waals surface area contributed by atoms with Crippen LogP contribution in [0.1, 0.15) is 71.1 Å². The Hall–Kier alpha value is 0. The molecule has 0 amide bonds. The van der Waals surface area contributed by atoms with E-state index >= 15 is 0 Å². The van der Waals surface area contributed by atoms with Crippen LogP contribution in [0.5, 0.6) is 0 Å². The quantitative estimate of drug-likeness (QED) is 0.606. The minimum Gasteiger partial charge on any atom is -0.0651 e. The van der Waals surface area contributed by atoms with Gasteiger partial charge in [0, 0.05) is 0 Å². The predicted octanol–water partition coefficient (Wildman–Crippen LogP) is 4.78. The maximum Gasteiger partial charge on any atom is -0.0383 e. The van der Waals surface area contributed by atoms with Gasteiger partial charge in [-0.05, 0) is 24.2 Å². The highest BCUT2D eigenvalue weighted by molar-refractivity contribution is 4.79. The van der Waals surface area contributed by atoms with Crippen molar-refractivity contribution in [2.45, 2.75) is 71.1 Å². The van der Waals surface area contributed by atoms with E-state index in [0.717, 1.165) is 17.8 Å². The summed E-state index contributed by atoms with van der Waals surface area (Å²) in [6, 6.07) is 0. The SMILES string of the molecule is CCC1CCCCC1CC1CCCC1. The average Bonchev–Trinajstić information content (AvgIpc) is 2.71. The second kappa shape index (κ2) is 5.19. The first-order valence-electron chi connectivity index (χ1n) is 6.90. The Labute approximate surface area is 89.5 Å². The van der Waals surface area contributed by atoms with Crippen LogP contribution in [0.3, 0.4) is 0 Å². The fourth-order valence-corrected chi connectivity index (χ4v) is 3.81. The zero-order chi connectivity index (χ0) is 9.80. The molecule has 0 spiro atoms. The molecule has 0 N–H and O–H groups in total. The van der Waals surface area contributed by atoms with Crippen molar-refractivity contribution < 1.29 is 0 Å². The minimum atomic E-state index is 1.09. The van der Waals surface area contributed by atoms with Crippen LogP contribution in [-0.2, 0) is 0 Å². The monoisotopic (exact) mass is 194 g/mol. The largest absolute Gasteiger partial charge is 0.0651 e. The van der Waals surface area contributed by atoms with Gasteiger partial charge in [-0.2, -0.15) is 0 Å². The minimum absolute atomic E-state index is 1.09. The molecule has 2 aliphatic carbocycles. The van der Waals surface area contributed by atoms with E-state index in [9.17, 15) is 0 Å². The predicted molar refractivity (Wildman–Crippen MR) is 62.3 cm³/mol. The molecule has 2 aliphatic rings. The van der Waals surface area contributed by atoms with Crippen molar-refractivity contribution in [3.8, 4) is 0 Å². The van der Waals surface area contributed by atoms with Crippen LogP contribution < -0.4 is 0 Å². The molecule has 0 aromatic carbocycles. The fourth-order valence-electron chi connectivity index (χ4n) is 3.81. The Balaban J connectivity index is 1.81. The molecule has 2 unspecified atom stereocenters. The summed E-state index contributed by atoms with van der Waals surface area (Å²) in [5.74, 6) is 3.31. The van der Waals surface area contributed by atoms with E-state index in [1.165, 1.54) is 38.5 Å². The number of hydrogen-bond donors (Lipinski definition) is 0. The molecule has 0 nitrogen and oxygen atoms in total. The van der Waals surface area contributed by atoms with Crippen molar-refractivity contribution in [1.82, 2.24) is 0 Å². The van der Waals surface area contributed by atoms with Crippen molar-refractivity contribution in [2.24, 2.45) is 17.8 Å². The normalized spacial score (nSPS) is 34.9. The van der Waals surface area contributed by atoms with Gasteiger partial charge in [-0.3, -0.25) is 0 Å². The third kappa shape index (κ3) is 2.52. The van der Waals surface area contributed by atoms with Crippen LogP contribution in [0, 0.1) is 17.8 Å². The number of rotatable bonds is 3.